The summed E-state index contributed by atoms with van der Waals surface area (Å²) in [7, 11) is 0. The fourth-order valence-corrected chi connectivity index (χ4v) is 1.88. The predicted octanol–water partition coefficient (Wildman–Crippen LogP) is 1.61. The van der Waals surface area contributed by atoms with Gasteiger partial charge in [0.25, 0.3) is 0 Å². The van der Waals surface area contributed by atoms with Gasteiger partial charge in [-0.1, -0.05) is 13.3 Å². The summed E-state index contributed by atoms with van der Waals surface area (Å²) in [5.74, 6) is -1.44. The lowest BCUT2D eigenvalue weighted by Crippen LogP contribution is -2.50. The van der Waals surface area contributed by atoms with Crippen LogP contribution in [0.15, 0.2) is 0 Å². The number of nitrogens with one attached hydrogen (secondary N) is 1. The van der Waals surface area contributed by atoms with Crippen LogP contribution in [-0.2, 0) is 14.3 Å². The molecule has 0 aliphatic heterocycles. The smallest absolute Gasteiger partial charge is 0.325 e. The van der Waals surface area contributed by atoms with Crippen LogP contribution in [0.4, 0.5) is 4.79 Å². The highest BCUT2D eigenvalue weighted by Gasteiger charge is 2.23. The highest BCUT2D eigenvalue weighted by Crippen LogP contribution is 2.06. The molecule has 7 nitrogen and oxygen atoms in total. The van der Waals surface area contributed by atoms with Crippen molar-refractivity contribution in [2.24, 2.45) is 0 Å². The Hall–Kier alpha value is -1.79. The summed E-state index contributed by atoms with van der Waals surface area (Å²) in [6.45, 7) is 7.28. The average Bonchev–Trinajstić information content (AvgIpc) is 2.35. The van der Waals surface area contributed by atoms with E-state index in [2.05, 4.69) is 5.32 Å². The fraction of sp³-hybridized carbons (Fsp3) is 0.786. The zero-order valence-corrected chi connectivity index (χ0v) is 13.2. The Kier molecular flexibility index (Phi) is 9.16. The van der Waals surface area contributed by atoms with Crippen LogP contribution in [0.5, 0.6) is 0 Å². The SMILES string of the molecule is CCCC(CC(=O)O)NC(=O)N(CC(=O)OCC)C(C)C. The number of carboxylic acids is 1. The third-order valence-corrected chi connectivity index (χ3v) is 2.87. The monoisotopic (exact) mass is 302 g/mol. The first-order chi connectivity index (χ1) is 9.81. The first kappa shape index (κ1) is 19.2. The minimum Gasteiger partial charge on any atom is -0.481 e. The second-order valence-corrected chi connectivity index (χ2v) is 5.06. The number of nitrogens with zero attached hydrogens (tertiary/aromatic N) is 1. The summed E-state index contributed by atoms with van der Waals surface area (Å²) in [6, 6.07) is -1.08. The molecule has 0 spiro atoms. The zero-order valence-electron chi connectivity index (χ0n) is 13.2. The van der Waals surface area contributed by atoms with E-state index in [1.807, 2.05) is 6.92 Å². The van der Waals surface area contributed by atoms with Crippen LogP contribution in [0.25, 0.3) is 0 Å². The maximum Gasteiger partial charge on any atom is 0.325 e. The topological polar surface area (TPSA) is 95.9 Å². The standard InChI is InChI=1S/C14H26N2O5/c1-5-7-11(8-12(17)18)15-14(20)16(10(3)4)9-13(19)21-6-2/h10-11H,5-9H2,1-4H3,(H,15,20)(H,17,18). The average molecular weight is 302 g/mol. The maximum absolute atomic E-state index is 12.2. The molecule has 0 aromatic heterocycles. The first-order valence-corrected chi connectivity index (χ1v) is 7.26. The number of urea groups is 1. The van der Waals surface area contributed by atoms with Gasteiger partial charge in [-0.25, -0.2) is 4.79 Å². The van der Waals surface area contributed by atoms with Crippen molar-refractivity contribution >= 4 is 18.0 Å². The van der Waals surface area contributed by atoms with Crippen molar-refractivity contribution in [3.8, 4) is 0 Å². The van der Waals surface area contributed by atoms with Gasteiger partial charge in [0.05, 0.1) is 13.0 Å². The summed E-state index contributed by atoms with van der Waals surface area (Å²) in [6.07, 6.45) is 1.20. The molecule has 2 N–H and O–H groups in total. The van der Waals surface area contributed by atoms with Crippen LogP contribution >= 0.6 is 0 Å². The van der Waals surface area contributed by atoms with E-state index in [0.29, 0.717) is 6.42 Å². The summed E-state index contributed by atoms with van der Waals surface area (Å²) < 4.78 is 4.84. The Labute approximate surface area is 125 Å². The van der Waals surface area contributed by atoms with Crippen LogP contribution in [0, 0.1) is 0 Å². The zero-order chi connectivity index (χ0) is 16.4. The van der Waals surface area contributed by atoms with Crippen molar-refractivity contribution in [3.63, 3.8) is 0 Å². The number of ether oxygens (including phenoxy) is 1. The normalized spacial score (nSPS) is 11.9. The van der Waals surface area contributed by atoms with E-state index in [1.165, 1.54) is 4.90 Å². The van der Waals surface area contributed by atoms with Gasteiger partial charge in [0.1, 0.15) is 6.54 Å². The molecule has 0 radical (unpaired) electrons. The van der Waals surface area contributed by atoms with Crippen molar-refractivity contribution < 1.29 is 24.2 Å². The largest absolute Gasteiger partial charge is 0.481 e. The van der Waals surface area contributed by atoms with Crippen LogP contribution in [0.3, 0.4) is 0 Å². The van der Waals surface area contributed by atoms with E-state index in [0.717, 1.165) is 6.42 Å². The first-order valence-electron chi connectivity index (χ1n) is 7.26. The highest BCUT2D eigenvalue weighted by atomic mass is 16.5. The maximum atomic E-state index is 12.2. The number of hydrogen-bond donors (Lipinski definition) is 2. The molecule has 0 aromatic rings. The van der Waals surface area contributed by atoms with Gasteiger partial charge in [0, 0.05) is 12.1 Å². The third kappa shape index (κ3) is 8.16. The minimum absolute atomic E-state index is 0.134. The Bertz CT molecular complexity index is 357. The molecule has 0 aromatic carbocycles. The molecule has 0 heterocycles. The number of esters is 1. The van der Waals surface area contributed by atoms with Crippen LogP contribution in [-0.4, -0.2) is 53.2 Å². The number of rotatable bonds is 9. The molecule has 0 rings (SSSR count). The number of carboxylic acid groups (broad SMARTS) is 1. The van der Waals surface area contributed by atoms with Crippen LogP contribution in [0.1, 0.15) is 47.0 Å². The molecule has 0 aliphatic carbocycles. The molecule has 21 heavy (non-hydrogen) atoms. The second kappa shape index (κ2) is 10.0. The van der Waals surface area contributed by atoms with Gasteiger partial charge in [0.15, 0.2) is 0 Å². The van der Waals surface area contributed by atoms with Crippen molar-refractivity contribution in [1.82, 2.24) is 10.2 Å². The van der Waals surface area contributed by atoms with Crippen molar-refractivity contribution in [1.29, 1.82) is 0 Å². The lowest BCUT2D eigenvalue weighted by atomic mass is 10.1. The van der Waals surface area contributed by atoms with Gasteiger partial charge < -0.3 is 20.1 Å². The molecule has 0 fully saturated rings. The Balaban J connectivity index is 4.70. The van der Waals surface area contributed by atoms with Crippen LogP contribution in [0.2, 0.25) is 0 Å². The Morgan fingerprint density at radius 1 is 1.24 bits per heavy atom. The van der Waals surface area contributed by atoms with Gasteiger partial charge in [-0.15, -0.1) is 0 Å². The van der Waals surface area contributed by atoms with Gasteiger partial charge in [0.2, 0.25) is 0 Å². The number of hydrogen-bond acceptors (Lipinski definition) is 4. The molecule has 7 heteroatoms. The van der Waals surface area contributed by atoms with E-state index < -0.39 is 24.0 Å². The van der Waals surface area contributed by atoms with E-state index in [9.17, 15) is 14.4 Å². The number of amides is 2. The van der Waals surface area contributed by atoms with E-state index >= 15 is 0 Å². The van der Waals surface area contributed by atoms with Gasteiger partial charge in [-0.2, -0.15) is 0 Å². The number of aliphatic carboxylic acids is 1. The Morgan fingerprint density at radius 2 is 1.86 bits per heavy atom. The molecule has 0 aliphatic rings. The predicted molar refractivity (Wildman–Crippen MR) is 78.0 cm³/mol. The highest BCUT2D eigenvalue weighted by molar-refractivity contribution is 5.81. The van der Waals surface area contributed by atoms with E-state index in [4.69, 9.17) is 9.84 Å². The molecular weight excluding hydrogens is 276 g/mol. The van der Waals surface area contributed by atoms with E-state index in [1.54, 1.807) is 20.8 Å². The summed E-state index contributed by atoms with van der Waals surface area (Å²) in [5.41, 5.74) is 0. The fourth-order valence-electron chi connectivity index (χ4n) is 1.88. The minimum atomic E-state index is -0.963. The molecule has 2 amide bonds. The molecule has 1 atom stereocenters. The van der Waals surface area contributed by atoms with Crippen molar-refractivity contribution in [2.45, 2.75) is 59.0 Å². The molecule has 1 unspecified atom stereocenters. The van der Waals surface area contributed by atoms with E-state index in [-0.39, 0.29) is 25.6 Å². The summed E-state index contributed by atoms with van der Waals surface area (Å²) in [4.78, 5) is 35.8. The Morgan fingerprint density at radius 3 is 2.29 bits per heavy atom. The van der Waals surface area contributed by atoms with Gasteiger partial charge >= 0.3 is 18.0 Å². The number of carbonyl (C=O) groups excluding carboxylic acids is 2. The third-order valence-electron chi connectivity index (χ3n) is 2.87. The van der Waals surface area contributed by atoms with Gasteiger partial charge in [-0.05, 0) is 27.2 Å². The number of carbonyl (C=O) groups is 3. The van der Waals surface area contributed by atoms with Crippen molar-refractivity contribution in [2.75, 3.05) is 13.2 Å². The van der Waals surface area contributed by atoms with Gasteiger partial charge in [-0.3, -0.25) is 9.59 Å². The molecular formula is C14H26N2O5. The molecule has 0 bridgehead atoms. The van der Waals surface area contributed by atoms with Crippen molar-refractivity contribution in [3.05, 3.63) is 0 Å². The summed E-state index contributed by atoms with van der Waals surface area (Å²) >= 11 is 0. The second-order valence-electron chi connectivity index (χ2n) is 5.06. The summed E-state index contributed by atoms with van der Waals surface area (Å²) in [5, 5.41) is 11.5. The van der Waals surface area contributed by atoms with Crippen LogP contribution < -0.4 is 5.32 Å². The lowest BCUT2D eigenvalue weighted by molar-refractivity contribution is -0.144. The molecule has 0 saturated heterocycles. The lowest BCUT2D eigenvalue weighted by Gasteiger charge is -2.28. The molecule has 122 valence electrons. The molecule has 0 saturated carbocycles. The quantitative estimate of drug-likeness (QED) is 0.631.